The highest BCUT2D eigenvalue weighted by Crippen LogP contribution is 2.38. The van der Waals surface area contributed by atoms with Gasteiger partial charge in [0.05, 0.1) is 11.9 Å². The predicted molar refractivity (Wildman–Crippen MR) is 98.9 cm³/mol. The van der Waals surface area contributed by atoms with Crippen LogP contribution in [0.2, 0.25) is 0 Å². The quantitative estimate of drug-likeness (QED) is 0.706. The highest BCUT2D eigenvalue weighted by molar-refractivity contribution is 5.92. The van der Waals surface area contributed by atoms with E-state index in [1.165, 1.54) is 11.9 Å². The van der Waals surface area contributed by atoms with Gasteiger partial charge in [-0.1, -0.05) is 37.3 Å². The third kappa shape index (κ3) is 2.64. The number of alkyl halides is 2. The van der Waals surface area contributed by atoms with Crippen LogP contribution in [0.5, 0.6) is 0 Å². The molecule has 0 saturated carbocycles. The Morgan fingerprint density at radius 1 is 1.15 bits per heavy atom. The zero-order valence-electron chi connectivity index (χ0n) is 15.2. The largest absolute Gasteiger partial charge is 0.349 e. The second kappa shape index (κ2) is 6.04. The molecule has 26 heavy (non-hydrogen) atoms. The highest BCUT2D eigenvalue weighted by atomic mass is 19.3. The minimum absolute atomic E-state index is 0.289. The Labute approximate surface area is 151 Å². The van der Waals surface area contributed by atoms with Crippen molar-refractivity contribution in [1.29, 1.82) is 0 Å². The van der Waals surface area contributed by atoms with Gasteiger partial charge >= 0.3 is 0 Å². The van der Waals surface area contributed by atoms with E-state index >= 15 is 0 Å². The number of anilines is 1. The fraction of sp³-hybridized carbons (Fsp3) is 0.400. The van der Waals surface area contributed by atoms with Crippen LogP contribution in [0, 0.1) is 19.8 Å². The van der Waals surface area contributed by atoms with Gasteiger partial charge in [0, 0.05) is 24.7 Å². The Kier molecular flexibility index (Phi) is 3.93. The number of aromatic nitrogens is 3. The van der Waals surface area contributed by atoms with Crippen molar-refractivity contribution in [3.05, 3.63) is 53.5 Å². The van der Waals surface area contributed by atoms with Crippen LogP contribution in [0.25, 0.3) is 11.0 Å². The summed E-state index contributed by atoms with van der Waals surface area (Å²) in [6.07, 6.45) is 1.49. The minimum atomic E-state index is -2.69. The van der Waals surface area contributed by atoms with E-state index in [0.717, 1.165) is 22.3 Å². The van der Waals surface area contributed by atoms with Crippen LogP contribution in [-0.2, 0) is 6.54 Å². The molecule has 0 aliphatic carbocycles. The first-order valence-electron chi connectivity index (χ1n) is 8.85. The van der Waals surface area contributed by atoms with Gasteiger partial charge in [-0.3, -0.25) is 0 Å². The summed E-state index contributed by atoms with van der Waals surface area (Å²) in [5.41, 5.74) is 4.12. The molecule has 1 fully saturated rings. The molecular weight excluding hydrogens is 334 g/mol. The number of aryl methyl sites for hydroxylation is 1. The van der Waals surface area contributed by atoms with Gasteiger partial charge in [-0.2, -0.15) is 0 Å². The van der Waals surface area contributed by atoms with E-state index in [1.807, 2.05) is 32.0 Å². The average molecular weight is 356 g/mol. The van der Waals surface area contributed by atoms with E-state index in [2.05, 4.69) is 26.7 Å². The summed E-state index contributed by atoms with van der Waals surface area (Å²) in [5, 5.41) is 0.880. The Hall–Kier alpha value is -2.50. The summed E-state index contributed by atoms with van der Waals surface area (Å²) in [6.45, 7) is 6.37. The lowest BCUT2D eigenvalue weighted by atomic mass is 10.1. The van der Waals surface area contributed by atoms with Crippen molar-refractivity contribution in [3.63, 3.8) is 0 Å². The molecule has 1 unspecified atom stereocenters. The molecule has 1 atom stereocenters. The van der Waals surface area contributed by atoms with Crippen LogP contribution < -0.4 is 4.90 Å². The molecule has 6 heteroatoms. The Morgan fingerprint density at radius 3 is 2.54 bits per heavy atom. The van der Waals surface area contributed by atoms with Gasteiger partial charge in [0.25, 0.3) is 5.92 Å². The van der Waals surface area contributed by atoms with Crippen molar-refractivity contribution in [3.8, 4) is 0 Å². The summed E-state index contributed by atoms with van der Waals surface area (Å²) in [4.78, 5) is 10.6. The van der Waals surface area contributed by atoms with Crippen molar-refractivity contribution in [2.24, 2.45) is 5.92 Å². The second-order valence-electron chi connectivity index (χ2n) is 7.22. The molecule has 4 nitrogen and oxygen atoms in total. The van der Waals surface area contributed by atoms with E-state index < -0.39 is 11.8 Å². The fourth-order valence-electron chi connectivity index (χ4n) is 3.75. The summed E-state index contributed by atoms with van der Waals surface area (Å²) in [7, 11) is 0. The van der Waals surface area contributed by atoms with Crippen LogP contribution in [0.1, 0.15) is 23.7 Å². The number of hydrogen-bond acceptors (Lipinski definition) is 3. The lowest BCUT2D eigenvalue weighted by molar-refractivity contribution is -0.0137. The zero-order chi connectivity index (χ0) is 18.5. The van der Waals surface area contributed by atoms with E-state index in [9.17, 15) is 8.78 Å². The standard InChI is InChI=1S/C20H22F2N4/c1-13-9-25(11-20(13,21)22)18-17-14(2)15(3)26(19(17)24-12-23-18)10-16-7-5-4-6-8-16/h4-8,12-13H,9-11H2,1-3H3. The fourth-order valence-corrected chi connectivity index (χ4v) is 3.75. The first-order chi connectivity index (χ1) is 12.4. The third-order valence-corrected chi connectivity index (χ3v) is 5.49. The number of halogens is 2. The maximum atomic E-state index is 14.1. The maximum absolute atomic E-state index is 14.1. The maximum Gasteiger partial charge on any atom is 0.269 e. The summed E-state index contributed by atoms with van der Waals surface area (Å²) in [5.74, 6) is -2.75. The molecule has 3 aromatic rings. The van der Waals surface area contributed by atoms with Gasteiger partial charge in [-0.25, -0.2) is 18.7 Å². The van der Waals surface area contributed by atoms with E-state index in [4.69, 9.17) is 0 Å². The lowest BCUT2D eigenvalue weighted by Gasteiger charge is -2.18. The van der Waals surface area contributed by atoms with Gasteiger partial charge in [-0.05, 0) is 25.0 Å². The van der Waals surface area contributed by atoms with Crippen LogP contribution in [-0.4, -0.2) is 33.5 Å². The number of benzene rings is 1. The van der Waals surface area contributed by atoms with Gasteiger partial charge in [0.1, 0.15) is 17.8 Å². The van der Waals surface area contributed by atoms with Crippen molar-refractivity contribution >= 4 is 16.9 Å². The number of fused-ring (bicyclic) bond motifs is 1. The number of rotatable bonds is 3. The molecule has 4 rings (SSSR count). The molecule has 136 valence electrons. The molecule has 1 aliphatic heterocycles. The number of nitrogens with zero attached hydrogens (tertiary/aromatic N) is 4. The molecule has 3 heterocycles. The third-order valence-electron chi connectivity index (χ3n) is 5.49. The average Bonchev–Trinajstić information content (AvgIpc) is 3.04. The van der Waals surface area contributed by atoms with Gasteiger partial charge in [0.15, 0.2) is 0 Å². The summed E-state index contributed by atoms with van der Waals surface area (Å²) >= 11 is 0. The SMILES string of the molecule is Cc1c(C)n(Cc2ccccc2)c2ncnc(N3CC(C)C(F)(F)C3)c12. The molecule has 0 N–H and O–H groups in total. The van der Waals surface area contributed by atoms with Crippen molar-refractivity contribution in [1.82, 2.24) is 14.5 Å². The van der Waals surface area contributed by atoms with Crippen LogP contribution >= 0.6 is 0 Å². The Balaban J connectivity index is 1.82. The molecule has 2 aromatic heterocycles. The molecule has 1 aliphatic rings. The van der Waals surface area contributed by atoms with Gasteiger partial charge < -0.3 is 9.47 Å². The molecule has 0 radical (unpaired) electrons. The van der Waals surface area contributed by atoms with E-state index in [0.29, 0.717) is 18.9 Å². The topological polar surface area (TPSA) is 34.0 Å². The van der Waals surface area contributed by atoms with Crippen LogP contribution in [0.15, 0.2) is 36.7 Å². The van der Waals surface area contributed by atoms with Crippen LogP contribution in [0.3, 0.4) is 0 Å². The van der Waals surface area contributed by atoms with Crippen LogP contribution in [0.4, 0.5) is 14.6 Å². The van der Waals surface area contributed by atoms with Gasteiger partial charge in [0.2, 0.25) is 0 Å². The van der Waals surface area contributed by atoms with Gasteiger partial charge in [-0.15, -0.1) is 0 Å². The van der Waals surface area contributed by atoms with Crippen molar-refractivity contribution in [2.75, 3.05) is 18.0 Å². The van der Waals surface area contributed by atoms with E-state index in [-0.39, 0.29) is 6.54 Å². The zero-order valence-corrected chi connectivity index (χ0v) is 15.2. The predicted octanol–water partition coefficient (Wildman–Crippen LogP) is 4.19. The monoisotopic (exact) mass is 356 g/mol. The number of hydrogen-bond donors (Lipinski definition) is 0. The lowest BCUT2D eigenvalue weighted by Crippen LogP contribution is -2.27. The summed E-state index contributed by atoms with van der Waals surface area (Å²) in [6, 6.07) is 10.2. The molecule has 0 bridgehead atoms. The van der Waals surface area contributed by atoms with E-state index in [1.54, 1.807) is 11.8 Å². The Bertz CT molecular complexity index is 949. The van der Waals surface area contributed by atoms with Crippen molar-refractivity contribution < 1.29 is 8.78 Å². The second-order valence-corrected chi connectivity index (χ2v) is 7.22. The first-order valence-corrected chi connectivity index (χ1v) is 8.85. The first kappa shape index (κ1) is 16.9. The Morgan fingerprint density at radius 2 is 1.88 bits per heavy atom. The molecule has 1 aromatic carbocycles. The summed E-state index contributed by atoms with van der Waals surface area (Å²) < 4.78 is 30.3. The molecule has 1 saturated heterocycles. The molecule has 0 amide bonds. The molecular formula is C20H22F2N4. The smallest absolute Gasteiger partial charge is 0.269 e. The molecule has 0 spiro atoms. The normalized spacial score (nSPS) is 19.4. The van der Waals surface area contributed by atoms with Crippen molar-refractivity contribution in [2.45, 2.75) is 33.2 Å². The minimum Gasteiger partial charge on any atom is -0.349 e. The highest BCUT2D eigenvalue weighted by Gasteiger charge is 2.46.